The van der Waals surface area contributed by atoms with Crippen molar-refractivity contribution < 1.29 is 23.9 Å². The summed E-state index contributed by atoms with van der Waals surface area (Å²) < 4.78 is 10.7. The fourth-order valence-corrected chi connectivity index (χ4v) is 3.26. The summed E-state index contributed by atoms with van der Waals surface area (Å²) in [5.74, 6) is -1.52. The molecule has 1 aromatic rings. The van der Waals surface area contributed by atoms with Gasteiger partial charge in [-0.05, 0) is 31.4 Å². The highest BCUT2D eigenvalue weighted by Crippen LogP contribution is 2.36. The topological polar surface area (TPSA) is 69.7 Å². The average molecular weight is 417 g/mol. The second kappa shape index (κ2) is 11.3. The Morgan fingerprint density at radius 2 is 1.70 bits per heavy atom. The van der Waals surface area contributed by atoms with Crippen LogP contribution in [-0.2, 0) is 14.3 Å². The van der Waals surface area contributed by atoms with Crippen molar-refractivity contribution in [2.24, 2.45) is 5.41 Å². The number of rotatable bonds is 11. The smallest absolute Gasteiger partial charge is 0.328 e. The number of esters is 2. The number of carbonyl (C=O) groups is 3. The van der Waals surface area contributed by atoms with E-state index >= 15 is 0 Å². The molecule has 0 heterocycles. The molecule has 0 aliphatic rings. The van der Waals surface area contributed by atoms with E-state index in [2.05, 4.69) is 6.92 Å². The lowest BCUT2D eigenvalue weighted by atomic mass is 9.82. The van der Waals surface area contributed by atoms with Crippen LogP contribution in [0, 0.1) is 5.41 Å². The van der Waals surface area contributed by atoms with Gasteiger partial charge in [0.05, 0.1) is 17.2 Å². The summed E-state index contributed by atoms with van der Waals surface area (Å²) in [6, 6.07) is 2.71. The molecular formula is C20H26Cl2O5. The van der Waals surface area contributed by atoms with Crippen LogP contribution in [0.15, 0.2) is 12.1 Å². The molecule has 0 aliphatic carbocycles. The van der Waals surface area contributed by atoms with Gasteiger partial charge in [-0.2, -0.15) is 0 Å². The van der Waals surface area contributed by atoms with Crippen molar-refractivity contribution >= 4 is 41.4 Å². The zero-order valence-corrected chi connectivity index (χ0v) is 17.5. The normalized spacial score (nSPS) is 11.1. The zero-order valence-electron chi connectivity index (χ0n) is 16.0. The van der Waals surface area contributed by atoms with E-state index in [9.17, 15) is 14.4 Å². The number of unbranched alkanes of at least 4 members (excludes halogenated alkanes) is 3. The number of carbonyl (C=O) groups excluding carboxylic acids is 3. The minimum absolute atomic E-state index is 0.0204. The first-order valence-electron chi connectivity index (χ1n) is 9.19. The number of ether oxygens (including phenoxy) is 2. The Labute approximate surface area is 170 Å². The Morgan fingerprint density at radius 3 is 2.26 bits per heavy atom. The molecule has 1 aromatic carbocycles. The van der Waals surface area contributed by atoms with E-state index in [1.54, 1.807) is 13.8 Å². The number of aldehydes is 1. The fourth-order valence-electron chi connectivity index (χ4n) is 2.71. The van der Waals surface area contributed by atoms with Gasteiger partial charge in [-0.25, -0.2) is 0 Å². The molecule has 0 spiro atoms. The maximum Gasteiger partial charge on any atom is 0.328 e. The van der Waals surface area contributed by atoms with E-state index in [0.717, 1.165) is 25.7 Å². The molecule has 0 saturated carbocycles. The van der Waals surface area contributed by atoms with Gasteiger partial charge in [0.1, 0.15) is 0 Å². The Hall–Kier alpha value is -1.59. The van der Waals surface area contributed by atoms with Crippen LogP contribution in [0.5, 0.6) is 5.75 Å². The van der Waals surface area contributed by atoms with Crippen LogP contribution in [-0.4, -0.2) is 24.8 Å². The maximum atomic E-state index is 12.8. The third-order valence-corrected chi connectivity index (χ3v) is 5.08. The molecule has 0 aliphatic heterocycles. The zero-order chi connectivity index (χ0) is 20.4. The highest BCUT2D eigenvalue weighted by molar-refractivity contribution is 6.36. The van der Waals surface area contributed by atoms with Crippen LogP contribution in [0.1, 0.15) is 69.7 Å². The van der Waals surface area contributed by atoms with E-state index in [1.807, 2.05) is 0 Å². The Bertz CT molecular complexity index is 669. The molecule has 0 fully saturated rings. The van der Waals surface area contributed by atoms with Crippen molar-refractivity contribution in [3.63, 3.8) is 0 Å². The Morgan fingerprint density at radius 1 is 1.04 bits per heavy atom. The van der Waals surface area contributed by atoms with E-state index in [0.29, 0.717) is 6.29 Å². The molecule has 0 bridgehead atoms. The quantitative estimate of drug-likeness (QED) is 0.153. The SMILES string of the molecule is CCCCCCOC(=O)C(CC)(CC)C(=O)Oc1c(Cl)cc(Cl)cc1C=O. The van der Waals surface area contributed by atoms with Crippen molar-refractivity contribution in [2.45, 2.75) is 59.3 Å². The number of halogens is 2. The van der Waals surface area contributed by atoms with Crippen molar-refractivity contribution in [1.29, 1.82) is 0 Å². The summed E-state index contributed by atoms with van der Waals surface area (Å²) in [4.78, 5) is 36.7. The van der Waals surface area contributed by atoms with Gasteiger partial charge in [-0.15, -0.1) is 0 Å². The summed E-state index contributed by atoms with van der Waals surface area (Å²) in [5.41, 5.74) is -1.41. The van der Waals surface area contributed by atoms with Gasteiger partial charge in [0.25, 0.3) is 0 Å². The average Bonchev–Trinajstić information content (AvgIpc) is 2.64. The molecule has 7 heteroatoms. The monoisotopic (exact) mass is 416 g/mol. The molecule has 0 radical (unpaired) electrons. The lowest BCUT2D eigenvalue weighted by molar-refractivity contribution is -0.168. The van der Waals surface area contributed by atoms with Crippen LogP contribution in [0.4, 0.5) is 0 Å². The standard InChI is InChI=1S/C20H26Cl2O5/c1-4-7-8-9-10-26-18(24)20(5-2,6-3)19(25)27-17-14(13-23)11-15(21)12-16(17)22/h11-13H,4-10H2,1-3H3. The highest BCUT2D eigenvalue weighted by Gasteiger charge is 2.46. The van der Waals surface area contributed by atoms with Crippen LogP contribution in [0.3, 0.4) is 0 Å². The molecule has 1 rings (SSSR count). The van der Waals surface area contributed by atoms with Crippen molar-refractivity contribution in [1.82, 2.24) is 0 Å². The number of hydrogen-bond acceptors (Lipinski definition) is 5. The van der Waals surface area contributed by atoms with E-state index in [1.165, 1.54) is 12.1 Å². The van der Waals surface area contributed by atoms with Crippen LogP contribution in [0.2, 0.25) is 10.0 Å². The summed E-state index contributed by atoms with van der Waals surface area (Å²) in [5, 5.41) is 0.262. The molecule has 150 valence electrons. The van der Waals surface area contributed by atoms with Crippen LogP contribution in [0.25, 0.3) is 0 Å². The second-order valence-electron chi connectivity index (χ2n) is 6.30. The minimum atomic E-state index is -1.45. The van der Waals surface area contributed by atoms with Gasteiger partial charge in [0.2, 0.25) is 0 Å². The predicted molar refractivity (Wildman–Crippen MR) is 106 cm³/mol. The van der Waals surface area contributed by atoms with Gasteiger partial charge in [-0.3, -0.25) is 14.4 Å². The summed E-state index contributed by atoms with van der Waals surface area (Å²) in [7, 11) is 0. The number of hydrogen-bond donors (Lipinski definition) is 0. The largest absolute Gasteiger partial charge is 0.465 e. The molecule has 0 saturated heterocycles. The first kappa shape index (κ1) is 23.4. The minimum Gasteiger partial charge on any atom is -0.465 e. The summed E-state index contributed by atoms with van der Waals surface area (Å²) >= 11 is 11.9. The lowest BCUT2D eigenvalue weighted by Gasteiger charge is -2.27. The van der Waals surface area contributed by atoms with Gasteiger partial charge in [-0.1, -0.05) is 63.2 Å². The third-order valence-electron chi connectivity index (χ3n) is 4.58. The lowest BCUT2D eigenvalue weighted by Crippen LogP contribution is -2.42. The number of benzene rings is 1. The molecular weight excluding hydrogens is 391 g/mol. The maximum absolute atomic E-state index is 12.8. The third kappa shape index (κ3) is 5.94. The molecule has 0 amide bonds. The molecule has 27 heavy (non-hydrogen) atoms. The van der Waals surface area contributed by atoms with E-state index in [-0.39, 0.29) is 40.8 Å². The highest BCUT2D eigenvalue weighted by atomic mass is 35.5. The molecule has 0 aromatic heterocycles. The van der Waals surface area contributed by atoms with Crippen molar-refractivity contribution in [2.75, 3.05) is 6.61 Å². The fraction of sp³-hybridized carbons (Fsp3) is 0.550. The second-order valence-corrected chi connectivity index (χ2v) is 7.14. The van der Waals surface area contributed by atoms with Crippen LogP contribution < -0.4 is 4.74 Å². The first-order valence-corrected chi connectivity index (χ1v) is 9.95. The predicted octanol–water partition coefficient (Wildman–Crippen LogP) is 5.64. The molecule has 0 unspecified atom stereocenters. The van der Waals surface area contributed by atoms with Gasteiger partial charge >= 0.3 is 11.9 Å². The molecule has 0 atom stereocenters. The summed E-state index contributed by atoms with van der Waals surface area (Å²) in [6.07, 6.45) is 4.76. The van der Waals surface area contributed by atoms with Crippen molar-refractivity contribution in [3.05, 3.63) is 27.7 Å². The van der Waals surface area contributed by atoms with Crippen LogP contribution >= 0.6 is 23.2 Å². The van der Waals surface area contributed by atoms with E-state index < -0.39 is 17.4 Å². The molecule has 0 N–H and O–H groups in total. The first-order chi connectivity index (χ1) is 12.9. The summed E-state index contributed by atoms with van der Waals surface area (Å²) in [6.45, 7) is 5.78. The van der Waals surface area contributed by atoms with Crippen molar-refractivity contribution in [3.8, 4) is 5.75 Å². The Balaban J connectivity index is 2.98. The molecule has 5 nitrogen and oxygen atoms in total. The van der Waals surface area contributed by atoms with Gasteiger partial charge < -0.3 is 9.47 Å². The van der Waals surface area contributed by atoms with Gasteiger partial charge in [0.15, 0.2) is 17.5 Å². The Kier molecular flexibility index (Phi) is 9.81. The van der Waals surface area contributed by atoms with E-state index in [4.69, 9.17) is 32.7 Å². The van der Waals surface area contributed by atoms with Gasteiger partial charge in [0, 0.05) is 5.02 Å².